The molecule has 2 nitrogen and oxygen atoms in total. The maximum Gasteiger partial charge on any atom is 0.281 e. The average molecular weight is 237 g/mol. The number of hydrogen-bond donors (Lipinski definition) is 1. The van der Waals surface area contributed by atoms with E-state index in [0.29, 0.717) is 5.69 Å². The molecular weight excluding hydrogens is 230 g/mol. The number of nitrogen functional groups attached to an aromatic ring is 1. The third kappa shape index (κ3) is 1.72. The van der Waals surface area contributed by atoms with Crippen LogP contribution in [0.3, 0.4) is 0 Å². The van der Waals surface area contributed by atoms with Crippen LogP contribution in [0.5, 0.6) is 0 Å². The Hall–Kier alpha value is -0.710. The molecule has 0 aliphatic heterocycles. The maximum atomic E-state index is 12.2. The summed E-state index contributed by atoms with van der Waals surface area (Å²) in [6.07, 6.45) is -2.60. The van der Waals surface area contributed by atoms with Gasteiger partial charge in [0.15, 0.2) is 0 Å². The van der Waals surface area contributed by atoms with Crippen molar-refractivity contribution in [1.29, 1.82) is 0 Å². The van der Waals surface area contributed by atoms with Gasteiger partial charge in [0.2, 0.25) is 0 Å². The average Bonchev–Trinajstić information content (AvgIpc) is 1.96. The summed E-state index contributed by atoms with van der Waals surface area (Å²) in [6.45, 7) is 1.62. The van der Waals surface area contributed by atoms with Gasteiger partial charge in [0, 0.05) is 11.4 Å². The Morgan fingerprint density at radius 3 is 2.67 bits per heavy atom. The van der Waals surface area contributed by atoms with Crippen LogP contribution in [-0.4, -0.2) is 4.98 Å². The Morgan fingerprint density at radius 2 is 2.17 bits per heavy atom. The summed E-state index contributed by atoms with van der Waals surface area (Å²) in [7, 11) is 0. The molecule has 5 heteroatoms. The molecule has 0 atom stereocenters. The van der Waals surface area contributed by atoms with Crippen molar-refractivity contribution in [2.75, 3.05) is 5.73 Å². The molecule has 0 aliphatic carbocycles. The molecule has 12 heavy (non-hydrogen) atoms. The third-order valence-corrected chi connectivity index (χ3v) is 2.21. The fourth-order valence-corrected chi connectivity index (χ4v) is 1.23. The molecular formula is C7H7BrF2N2. The minimum atomic E-state index is -2.60. The zero-order valence-corrected chi connectivity index (χ0v) is 7.90. The van der Waals surface area contributed by atoms with Gasteiger partial charge in [-0.2, -0.15) is 0 Å². The minimum Gasteiger partial charge on any atom is -0.398 e. The first kappa shape index (κ1) is 9.38. The lowest BCUT2D eigenvalue weighted by Crippen LogP contribution is -1.98. The molecule has 1 rings (SSSR count). The Morgan fingerprint density at radius 1 is 1.58 bits per heavy atom. The van der Waals surface area contributed by atoms with E-state index >= 15 is 0 Å². The largest absolute Gasteiger partial charge is 0.398 e. The van der Waals surface area contributed by atoms with E-state index in [1.165, 1.54) is 6.07 Å². The van der Waals surface area contributed by atoms with Gasteiger partial charge < -0.3 is 5.73 Å². The summed E-state index contributed by atoms with van der Waals surface area (Å²) in [4.78, 5) is 3.66. The SMILES string of the molecule is Cc1cc(N)c(Br)c(C(F)F)n1. The van der Waals surface area contributed by atoms with Crippen LogP contribution in [0.4, 0.5) is 14.5 Å². The molecule has 0 bridgehead atoms. The van der Waals surface area contributed by atoms with E-state index in [9.17, 15) is 8.78 Å². The third-order valence-electron chi connectivity index (χ3n) is 1.35. The van der Waals surface area contributed by atoms with Crippen LogP contribution in [-0.2, 0) is 0 Å². The van der Waals surface area contributed by atoms with Crippen molar-refractivity contribution in [2.45, 2.75) is 13.3 Å². The van der Waals surface area contributed by atoms with Crippen LogP contribution in [0.15, 0.2) is 10.5 Å². The molecule has 1 aromatic heterocycles. The summed E-state index contributed by atoms with van der Waals surface area (Å²) < 4.78 is 24.7. The zero-order chi connectivity index (χ0) is 9.30. The first-order valence-corrected chi connectivity index (χ1v) is 4.02. The molecule has 0 unspecified atom stereocenters. The van der Waals surface area contributed by atoms with Crippen LogP contribution in [0.2, 0.25) is 0 Å². The first-order valence-electron chi connectivity index (χ1n) is 3.23. The van der Waals surface area contributed by atoms with Gasteiger partial charge in [0.1, 0.15) is 5.69 Å². The molecule has 1 aromatic rings. The van der Waals surface area contributed by atoms with Crippen LogP contribution in [0, 0.1) is 6.92 Å². The van der Waals surface area contributed by atoms with E-state index in [1.54, 1.807) is 6.92 Å². The quantitative estimate of drug-likeness (QED) is 0.815. The number of halogens is 3. The second-order valence-electron chi connectivity index (χ2n) is 2.35. The molecule has 0 fully saturated rings. The summed E-state index contributed by atoms with van der Waals surface area (Å²) >= 11 is 2.95. The van der Waals surface area contributed by atoms with E-state index in [1.807, 2.05) is 0 Å². The van der Waals surface area contributed by atoms with Crippen LogP contribution < -0.4 is 5.73 Å². The zero-order valence-electron chi connectivity index (χ0n) is 6.31. The molecule has 0 amide bonds. The highest BCUT2D eigenvalue weighted by molar-refractivity contribution is 9.10. The minimum absolute atomic E-state index is 0.183. The summed E-state index contributed by atoms with van der Waals surface area (Å²) in [5.41, 5.74) is 5.92. The number of aromatic nitrogens is 1. The van der Waals surface area contributed by atoms with E-state index in [-0.39, 0.29) is 15.9 Å². The van der Waals surface area contributed by atoms with Gasteiger partial charge in [-0.25, -0.2) is 8.78 Å². The van der Waals surface area contributed by atoms with Gasteiger partial charge in [-0.1, -0.05) is 0 Å². The highest BCUT2D eigenvalue weighted by atomic mass is 79.9. The number of rotatable bonds is 1. The van der Waals surface area contributed by atoms with Crippen molar-refractivity contribution in [1.82, 2.24) is 4.98 Å². The highest BCUT2D eigenvalue weighted by Crippen LogP contribution is 2.30. The molecule has 0 aromatic carbocycles. The standard InChI is InChI=1S/C7H7BrF2N2/c1-3-2-4(11)5(8)6(12-3)7(9)10/h2,7H,1H3,(H2,11,12). The first-order chi connectivity index (χ1) is 5.52. The fourth-order valence-electron chi connectivity index (χ4n) is 0.852. The van der Waals surface area contributed by atoms with Gasteiger partial charge >= 0.3 is 0 Å². The van der Waals surface area contributed by atoms with Crippen molar-refractivity contribution in [2.24, 2.45) is 0 Å². The molecule has 0 radical (unpaired) electrons. The normalized spacial score (nSPS) is 10.8. The van der Waals surface area contributed by atoms with E-state index in [0.717, 1.165) is 0 Å². The molecule has 0 saturated carbocycles. The second-order valence-corrected chi connectivity index (χ2v) is 3.15. The number of hydrogen-bond acceptors (Lipinski definition) is 2. The lowest BCUT2D eigenvalue weighted by Gasteiger charge is -2.05. The lowest BCUT2D eigenvalue weighted by atomic mass is 10.3. The fraction of sp³-hybridized carbons (Fsp3) is 0.286. The van der Waals surface area contributed by atoms with Crippen molar-refractivity contribution in [3.8, 4) is 0 Å². The Balaban J connectivity index is 3.28. The second kappa shape index (κ2) is 3.35. The summed E-state index contributed by atoms with van der Waals surface area (Å²) in [5, 5.41) is 0. The van der Waals surface area contributed by atoms with Crippen LogP contribution in [0.1, 0.15) is 17.8 Å². The predicted molar refractivity (Wildman–Crippen MR) is 46.0 cm³/mol. The smallest absolute Gasteiger partial charge is 0.281 e. The van der Waals surface area contributed by atoms with Crippen molar-refractivity contribution >= 4 is 21.6 Å². The maximum absolute atomic E-state index is 12.2. The predicted octanol–water partition coefficient (Wildman–Crippen LogP) is 2.67. The number of nitrogens with two attached hydrogens (primary N) is 1. The summed E-state index contributed by atoms with van der Waals surface area (Å²) in [5.74, 6) is 0. The summed E-state index contributed by atoms with van der Waals surface area (Å²) in [6, 6.07) is 1.54. The van der Waals surface area contributed by atoms with Crippen LogP contribution in [0.25, 0.3) is 0 Å². The van der Waals surface area contributed by atoms with Crippen molar-refractivity contribution in [3.05, 3.63) is 21.9 Å². The van der Waals surface area contributed by atoms with Crippen molar-refractivity contribution < 1.29 is 8.78 Å². The van der Waals surface area contributed by atoms with Gasteiger partial charge in [0.05, 0.1) is 4.47 Å². The number of pyridine rings is 1. The lowest BCUT2D eigenvalue weighted by molar-refractivity contribution is 0.145. The number of anilines is 1. The molecule has 0 aliphatic rings. The van der Waals surface area contributed by atoms with Gasteiger partial charge in [0.25, 0.3) is 6.43 Å². The number of alkyl halides is 2. The van der Waals surface area contributed by atoms with Gasteiger partial charge in [-0.3, -0.25) is 4.98 Å². The highest BCUT2D eigenvalue weighted by Gasteiger charge is 2.15. The topological polar surface area (TPSA) is 38.9 Å². The molecule has 66 valence electrons. The van der Waals surface area contributed by atoms with Crippen molar-refractivity contribution in [3.63, 3.8) is 0 Å². The molecule has 0 saturated heterocycles. The van der Waals surface area contributed by atoms with E-state index in [4.69, 9.17) is 5.73 Å². The number of nitrogens with zero attached hydrogens (tertiary/aromatic N) is 1. The Labute approximate surface area is 76.9 Å². The van der Waals surface area contributed by atoms with Crippen LogP contribution >= 0.6 is 15.9 Å². The monoisotopic (exact) mass is 236 g/mol. The van der Waals surface area contributed by atoms with E-state index < -0.39 is 6.43 Å². The Bertz CT molecular complexity index is 302. The Kier molecular flexibility index (Phi) is 2.62. The molecule has 1 heterocycles. The molecule has 0 spiro atoms. The van der Waals surface area contributed by atoms with E-state index in [2.05, 4.69) is 20.9 Å². The van der Waals surface area contributed by atoms with Gasteiger partial charge in [-0.15, -0.1) is 0 Å². The van der Waals surface area contributed by atoms with Gasteiger partial charge in [-0.05, 0) is 28.9 Å². The molecule has 2 N–H and O–H groups in total. The number of aryl methyl sites for hydroxylation is 1.